The molecule has 2 aliphatic heterocycles. The number of alkyl halides is 3. The van der Waals surface area contributed by atoms with Crippen LogP contribution in [0.25, 0.3) is 0 Å². The second kappa shape index (κ2) is 8.90. The summed E-state index contributed by atoms with van der Waals surface area (Å²) in [7, 11) is 0. The predicted molar refractivity (Wildman–Crippen MR) is 102 cm³/mol. The number of rotatable bonds is 3. The zero-order valence-corrected chi connectivity index (χ0v) is 16.4. The number of nitrogens with zero attached hydrogens (tertiary/aromatic N) is 3. The molecule has 0 radical (unpaired) electrons. The summed E-state index contributed by atoms with van der Waals surface area (Å²) in [6.45, 7) is 2.96. The number of fused-ring (bicyclic) bond motifs is 1. The van der Waals surface area contributed by atoms with Gasteiger partial charge in [0.2, 0.25) is 11.8 Å². The van der Waals surface area contributed by atoms with Crippen molar-refractivity contribution >= 4 is 29.3 Å². The molecule has 1 saturated heterocycles. The summed E-state index contributed by atoms with van der Waals surface area (Å²) in [5.41, 5.74) is 0.176. The summed E-state index contributed by atoms with van der Waals surface area (Å²) in [6.07, 6.45) is -6.10. The van der Waals surface area contributed by atoms with Crippen LogP contribution in [-0.4, -0.2) is 79.3 Å². The second-order valence-corrected chi connectivity index (χ2v) is 7.05. The molecule has 1 N–H and O–H groups in total. The molecule has 3 rings (SSSR count). The molecule has 0 saturated carbocycles. The highest BCUT2D eigenvalue weighted by Crippen LogP contribution is 2.37. The highest BCUT2D eigenvalue weighted by molar-refractivity contribution is 6.05. The molecule has 30 heavy (non-hydrogen) atoms. The molecule has 2 heterocycles. The number of halogens is 3. The van der Waals surface area contributed by atoms with Gasteiger partial charge in [0, 0.05) is 26.2 Å². The third kappa shape index (κ3) is 4.84. The number of carbonyl (C=O) groups excluding carboxylic acids is 3. The van der Waals surface area contributed by atoms with E-state index in [9.17, 15) is 27.6 Å². The van der Waals surface area contributed by atoms with E-state index >= 15 is 0 Å². The standard InChI is InChI=1S/C19H23F3N4O4/c1-2-30-18(29)25-9-7-24(8-10-25)12-17(28)26-14-6-4-3-5-13(14)23-16(27)11-15(26)19(20,21)22/h3-6,15H,2,7-12H2,1H3,(H,23,27). The number of hydrogen-bond donors (Lipinski definition) is 1. The zero-order chi connectivity index (χ0) is 21.9. The van der Waals surface area contributed by atoms with Gasteiger partial charge in [-0.15, -0.1) is 0 Å². The van der Waals surface area contributed by atoms with Crippen LogP contribution in [-0.2, 0) is 14.3 Å². The van der Waals surface area contributed by atoms with Crippen LogP contribution in [0.3, 0.4) is 0 Å². The Bertz CT molecular complexity index is 809. The van der Waals surface area contributed by atoms with E-state index in [1.165, 1.54) is 23.1 Å². The molecule has 164 valence electrons. The van der Waals surface area contributed by atoms with Crippen molar-refractivity contribution in [2.24, 2.45) is 0 Å². The van der Waals surface area contributed by atoms with E-state index in [2.05, 4.69) is 5.32 Å². The van der Waals surface area contributed by atoms with Crippen molar-refractivity contribution in [3.05, 3.63) is 24.3 Å². The molecule has 1 unspecified atom stereocenters. The largest absolute Gasteiger partial charge is 0.450 e. The number of para-hydroxylation sites is 2. The second-order valence-electron chi connectivity index (χ2n) is 7.05. The SMILES string of the molecule is CCOC(=O)N1CCN(CC(=O)N2c3ccccc3NC(=O)CC2C(F)(F)F)CC1. The van der Waals surface area contributed by atoms with Crippen LogP contribution in [0.1, 0.15) is 13.3 Å². The summed E-state index contributed by atoms with van der Waals surface area (Å²) in [5, 5.41) is 2.44. The summed E-state index contributed by atoms with van der Waals surface area (Å²) < 4.78 is 46.2. The number of nitrogens with one attached hydrogen (secondary N) is 1. The summed E-state index contributed by atoms with van der Waals surface area (Å²) in [6, 6.07) is 3.68. The molecule has 1 aromatic carbocycles. The lowest BCUT2D eigenvalue weighted by Crippen LogP contribution is -2.55. The van der Waals surface area contributed by atoms with Gasteiger partial charge in [-0.25, -0.2) is 4.79 Å². The highest BCUT2D eigenvalue weighted by Gasteiger charge is 2.49. The van der Waals surface area contributed by atoms with Crippen LogP contribution >= 0.6 is 0 Å². The van der Waals surface area contributed by atoms with Gasteiger partial charge in [-0.05, 0) is 19.1 Å². The molecule has 8 nitrogen and oxygen atoms in total. The van der Waals surface area contributed by atoms with Gasteiger partial charge in [0.25, 0.3) is 0 Å². The van der Waals surface area contributed by atoms with Crippen molar-refractivity contribution in [2.75, 3.05) is 49.5 Å². The molecule has 0 aromatic heterocycles. The summed E-state index contributed by atoms with van der Waals surface area (Å²) in [4.78, 5) is 40.6. The summed E-state index contributed by atoms with van der Waals surface area (Å²) >= 11 is 0. The lowest BCUT2D eigenvalue weighted by Gasteiger charge is -2.36. The summed E-state index contributed by atoms with van der Waals surface area (Å²) in [5.74, 6) is -1.56. The van der Waals surface area contributed by atoms with E-state index in [-0.39, 0.29) is 24.5 Å². The minimum atomic E-state index is -4.77. The van der Waals surface area contributed by atoms with Crippen LogP contribution in [0.2, 0.25) is 0 Å². The lowest BCUT2D eigenvalue weighted by atomic mass is 10.1. The number of ether oxygens (including phenoxy) is 1. The Kier molecular flexibility index (Phi) is 6.49. The maximum atomic E-state index is 13.7. The van der Waals surface area contributed by atoms with Gasteiger partial charge in [0.1, 0.15) is 6.04 Å². The van der Waals surface area contributed by atoms with Crippen molar-refractivity contribution in [3.8, 4) is 0 Å². The maximum absolute atomic E-state index is 13.7. The van der Waals surface area contributed by atoms with Gasteiger partial charge in [0.05, 0.1) is 30.9 Å². The molecule has 2 aliphatic rings. The van der Waals surface area contributed by atoms with Crippen LogP contribution < -0.4 is 10.2 Å². The van der Waals surface area contributed by atoms with Crippen LogP contribution in [0.5, 0.6) is 0 Å². The Morgan fingerprint density at radius 3 is 2.47 bits per heavy atom. The van der Waals surface area contributed by atoms with Crippen molar-refractivity contribution in [3.63, 3.8) is 0 Å². The van der Waals surface area contributed by atoms with Gasteiger partial charge >= 0.3 is 12.3 Å². The first-order valence-electron chi connectivity index (χ1n) is 9.62. The Morgan fingerprint density at radius 2 is 1.83 bits per heavy atom. The van der Waals surface area contributed by atoms with Gasteiger partial charge in [-0.3, -0.25) is 19.4 Å². The van der Waals surface area contributed by atoms with E-state index in [1.807, 2.05) is 0 Å². The van der Waals surface area contributed by atoms with Crippen LogP contribution in [0.4, 0.5) is 29.3 Å². The number of amides is 3. The van der Waals surface area contributed by atoms with Crippen LogP contribution in [0.15, 0.2) is 24.3 Å². The third-order valence-corrected chi connectivity index (χ3v) is 5.03. The normalized spacial score (nSPS) is 20.3. The van der Waals surface area contributed by atoms with Crippen molar-refractivity contribution in [1.29, 1.82) is 0 Å². The molecule has 1 aromatic rings. The highest BCUT2D eigenvalue weighted by atomic mass is 19.4. The van der Waals surface area contributed by atoms with E-state index in [0.717, 1.165) is 0 Å². The molecular formula is C19H23F3N4O4. The smallest absolute Gasteiger partial charge is 0.409 e. The van der Waals surface area contributed by atoms with E-state index < -0.39 is 36.5 Å². The monoisotopic (exact) mass is 428 g/mol. The first-order valence-corrected chi connectivity index (χ1v) is 9.62. The van der Waals surface area contributed by atoms with Crippen molar-refractivity contribution in [1.82, 2.24) is 9.80 Å². The molecule has 0 bridgehead atoms. The molecule has 0 spiro atoms. The predicted octanol–water partition coefficient (Wildman–Crippen LogP) is 2.07. The van der Waals surface area contributed by atoms with Gasteiger partial charge in [-0.2, -0.15) is 13.2 Å². The Hall–Kier alpha value is -2.82. The average Bonchev–Trinajstić information content (AvgIpc) is 2.84. The fourth-order valence-corrected chi connectivity index (χ4v) is 3.57. The zero-order valence-electron chi connectivity index (χ0n) is 16.4. The quantitative estimate of drug-likeness (QED) is 0.797. The van der Waals surface area contributed by atoms with E-state index in [4.69, 9.17) is 4.74 Å². The molecule has 1 atom stereocenters. The minimum Gasteiger partial charge on any atom is -0.450 e. The molecule has 0 aliphatic carbocycles. The molecular weight excluding hydrogens is 405 g/mol. The minimum absolute atomic E-state index is 0.0147. The molecule has 3 amide bonds. The number of piperazine rings is 1. The Morgan fingerprint density at radius 1 is 1.17 bits per heavy atom. The number of benzene rings is 1. The Balaban J connectivity index is 1.77. The molecule has 1 fully saturated rings. The van der Waals surface area contributed by atoms with E-state index in [0.29, 0.717) is 31.1 Å². The fraction of sp³-hybridized carbons (Fsp3) is 0.526. The van der Waals surface area contributed by atoms with E-state index in [1.54, 1.807) is 17.9 Å². The van der Waals surface area contributed by atoms with Gasteiger partial charge < -0.3 is 15.0 Å². The van der Waals surface area contributed by atoms with Crippen LogP contribution in [0, 0.1) is 0 Å². The molecule has 11 heteroatoms. The van der Waals surface area contributed by atoms with Gasteiger partial charge in [-0.1, -0.05) is 12.1 Å². The van der Waals surface area contributed by atoms with Gasteiger partial charge in [0.15, 0.2) is 0 Å². The third-order valence-electron chi connectivity index (χ3n) is 5.03. The first kappa shape index (κ1) is 21.9. The Labute approximate surface area is 171 Å². The fourth-order valence-electron chi connectivity index (χ4n) is 3.57. The topological polar surface area (TPSA) is 82.2 Å². The van der Waals surface area contributed by atoms with Crippen molar-refractivity contribution in [2.45, 2.75) is 25.6 Å². The first-order chi connectivity index (χ1) is 14.2. The average molecular weight is 428 g/mol. The number of anilines is 2. The maximum Gasteiger partial charge on any atom is 0.409 e. The number of hydrogen-bond acceptors (Lipinski definition) is 5. The number of carbonyl (C=O) groups is 3. The lowest BCUT2D eigenvalue weighted by molar-refractivity contribution is -0.158. The van der Waals surface area contributed by atoms with Crippen molar-refractivity contribution < 1.29 is 32.3 Å².